The maximum Gasteiger partial charge on any atom is 0.274 e. The fourth-order valence-electron chi connectivity index (χ4n) is 3.06. The number of nitrogens with zero attached hydrogens (tertiary/aromatic N) is 4. The molecule has 7 nitrogen and oxygen atoms in total. The number of benzene rings is 1. The van der Waals surface area contributed by atoms with E-state index in [0.29, 0.717) is 17.6 Å². The summed E-state index contributed by atoms with van der Waals surface area (Å²) in [5.74, 6) is 0.855. The molecule has 0 saturated carbocycles. The zero-order chi connectivity index (χ0) is 19.9. The van der Waals surface area contributed by atoms with Gasteiger partial charge in [-0.25, -0.2) is 9.97 Å². The normalized spacial score (nSPS) is 14.9. The Morgan fingerprint density at radius 2 is 1.82 bits per heavy atom. The molecule has 0 spiro atoms. The highest BCUT2D eigenvalue weighted by Gasteiger charge is 2.14. The molecule has 0 unspecified atom stereocenters. The molecule has 1 aromatic heterocycles. The van der Waals surface area contributed by atoms with Crippen molar-refractivity contribution in [1.82, 2.24) is 14.9 Å². The third-order valence-electron chi connectivity index (χ3n) is 4.89. The SMILES string of the molecule is CC(C)CCNc1nccc(C(=O)Nc2ccc(N3CCN(C)CC3)cc2)n1. The number of likely N-dealkylation sites (N-methyl/N-ethyl adjacent to an activating group) is 1. The molecule has 1 aliphatic rings. The Hall–Kier alpha value is -2.67. The number of aromatic nitrogens is 2. The molecule has 2 aromatic rings. The molecule has 0 aliphatic carbocycles. The van der Waals surface area contributed by atoms with E-state index in [1.165, 1.54) is 5.69 Å². The number of piperazine rings is 1. The molecular formula is C21H30N6O. The summed E-state index contributed by atoms with van der Waals surface area (Å²) in [5, 5.41) is 6.08. The van der Waals surface area contributed by atoms with Crippen molar-refractivity contribution in [2.24, 2.45) is 5.92 Å². The maximum atomic E-state index is 12.5. The van der Waals surface area contributed by atoms with Crippen LogP contribution >= 0.6 is 0 Å². The first-order chi connectivity index (χ1) is 13.5. The molecule has 0 radical (unpaired) electrons. The van der Waals surface area contributed by atoms with Gasteiger partial charge in [-0.2, -0.15) is 0 Å². The van der Waals surface area contributed by atoms with Gasteiger partial charge < -0.3 is 20.4 Å². The second kappa shape index (κ2) is 9.50. The van der Waals surface area contributed by atoms with Crippen LogP contribution in [0, 0.1) is 5.92 Å². The Morgan fingerprint density at radius 1 is 1.11 bits per heavy atom. The van der Waals surface area contributed by atoms with Gasteiger partial charge in [0, 0.05) is 50.3 Å². The first-order valence-corrected chi connectivity index (χ1v) is 9.93. The van der Waals surface area contributed by atoms with Crippen molar-refractivity contribution >= 4 is 23.2 Å². The molecule has 7 heteroatoms. The fourth-order valence-corrected chi connectivity index (χ4v) is 3.06. The Morgan fingerprint density at radius 3 is 2.50 bits per heavy atom. The van der Waals surface area contributed by atoms with E-state index in [-0.39, 0.29) is 5.91 Å². The summed E-state index contributed by atoms with van der Waals surface area (Å²) in [6.45, 7) is 9.31. The minimum atomic E-state index is -0.235. The predicted molar refractivity (Wildman–Crippen MR) is 114 cm³/mol. The van der Waals surface area contributed by atoms with Crippen LogP contribution in [0.4, 0.5) is 17.3 Å². The Balaban J connectivity index is 1.57. The lowest BCUT2D eigenvalue weighted by Crippen LogP contribution is -2.44. The largest absolute Gasteiger partial charge is 0.369 e. The summed E-state index contributed by atoms with van der Waals surface area (Å²) in [5.41, 5.74) is 2.30. The van der Waals surface area contributed by atoms with Crippen molar-refractivity contribution < 1.29 is 4.79 Å². The van der Waals surface area contributed by atoms with E-state index in [9.17, 15) is 4.79 Å². The molecule has 0 atom stereocenters. The number of amides is 1. The van der Waals surface area contributed by atoms with Crippen molar-refractivity contribution in [2.75, 3.05) is 55.3 Å². The minimum absolute atomic E-state index is 0.235. The maximum absolute atomic E-state index is 12.5. The average Bonchev–Trinajstić information content (AvgIpc) is 2.69. The van der Waals surface area contributed by atoms with Gasteiger partial charge in [0.15, 0.2) is 0 Å². The average molecular weight is 383 g/mol. The van der Waals surface area contributed by atoms with E-state index in [1.807, 2.05) is 12.1 Å². The van der Waals surface area contributed by atoms with Gasteiger partial charge in [0.05, 0.1) is 0 Å². The van der Waals surface area contributed by atoms with E-state index in [4.69, 9.17) is 0 Å². The molecule has 3 rings (SSSR count). The molecule has 1 saturated heterocycles. The second-order valence-electron chi connectivity index (χ2n) is 7.67. The number of rotatable bonds is 7. The molecule has 1 fully saturated rings. The van der Waals surface area contributed by atoms with E-state index < -0.39 is 0 Å². The summed E-state index contributed by atoms with van der Waals surface area (Å²) in [6, 6.07) is 9.62. The minimum Gasteiger partial charge on any atom is -0.369 e. The third kappa shape index (κ3) is 5.66. The Bertz CT molecular complexity index is 769. The quantitative estimate of drug-likeness (QED) is 0.767. The van der Waals surface area contributed by atoms with Crippen LogP contribution in [0.3, 0.4) is 0 Å². The highest BCUT2D eigenvalue weighted by Crippen LogP contribution is 2.19. The van der Waals surface area contributed by atoms with Crippen molar-refractivity contribution in [3.05, 3.63) is 42.2 Å². The molecule has 2 heterocycles. The van der Waals surface area contributed by atoms with Crippen LogP contribution in [0.15, 0.2) is 36.5 Å². The lowest BCUT2D eigenvalue weighted by molar-refractivity contribution is 0.102. The number of hydrogen-bond acceptors (Lipinski definition) is 6. The van der Waals surface area contributed by atoms with Crippen LogP contribution in [-0.4, -0.2) is 60.5 Å². The van der Waals surface area contributed by atoms with Crippen LogP contribution in [0.5, 0.6) is 0 Å². The summed E-state index contributed by atoms with van der Waals surface area (Å²) < 4.78 is 0. The lowest BCUT2D eigenvalue weighted by Gasteiger charge is -2.34. The van der Waals surface area contributed by atoms with Gasteiger partial charge in [0.25, 0.3) is 5.91 Å². The number of anilines is 3. The molecule has 28 heavy (non-hydrogen) atoms. The number of hydrogen-bond donors (Lipinski definition) is 2. The van der Waals surface area contributed by atoms with Crippen LogP contribution in [-0.2, 0) is 0 Å². The molecular weight excluding hydrogens is 352 g/mol. The van der Waals surface area contributed by atoms with Crippen molar-refractivity contribution in [3.63, 3.8) is 0 Å². The predicted octanol–water partition coefficient (Wildman–Crippen LogP) is 2.94. The van der Waals surface area contributed by atoms with E-state index >= 15 is 0 Å². The standard InChI is InChI=1S/C21H30N6O/c1-16(2)8-10-22-21-23-11-9-19(25-21)20(28)24-17-4-6-18(7-5-17)27-14-12-26(3)13-15-27/h4-7,9,11,16H,8,10,12-15H2,1-3H3,(H,24,28)(H,22,23,25). The van der Waals surface area contributed by atoms with Crippen LogP contribution in [0.1, 0.15) is 30.8 Å². The van der Waals surface area contributed by atoms with Gasteiger partial charge in [0.2, 0.25) is 5.95 Å². The van der Waals surface area contributed by atoms with Gasteiger partial charge in [-0.1, -0.05) is 13.8 Å². The number of carbonyl (C=O) groups excluding carboxylic acids is 1. The fraction of sp³-hybridized carbons (Fsp3) is 0.476. The lowest BCUT2D eigenvalue weighted by atomic mass is 10.1. The summed E-state index contributed by atoms with van der Waals surface area (Å²) in [4.78, 5) is 25.7. The van der Waals surface area contributed by atoms with Crippen LogP contribution < -0.4 is 15.5 Å². The van der Waals surface area contributed by atoms with Gasteiger partial charge in [0.1, 0.15) is 5.69 Å². The first-order valence-electron chi connectivity index (χ1n) is 9.93. The van der Waals surface area contributed by atoms with Gasteiger partial charge >= 0.3 is 0 Å². The second-order valence-corrected chi connectivity index (χ2v) is 7.67. The monoisotopic (exact) mass is 382 g/mol. The molecule has 1 aromatic carbocycles. The summed E-state index contributed by atoms with van der Waals surface area (Å²) in [6.07, 6.45) is 2.63. The van der Waals surface area contributed by atoms with Crippen molar-refractivity contribution in [1.29, 1.82) is 0 Å². The highest BCUT2D eigenvalue weighted by atomic mass is 16.1. The van der Waals surface area contributed by atoms with Crippen molar-refractivity contribution in [3.8, 4) is 0 Å². The highest BCUT2D eigenvalue weighted by molar-refractivity contribution is 6.03. The van der Waals surface area contributed by atoms with E-state index in [2.05, 4.69) is 63.4 Å². The molecule has 1 aliphatic heterocycles. The first kappa shape index (κ1) is 20.1. The topological polar surface area (TPSA) is 73.4 Å². The van der Waals surface area contributed by atoms with Crippen LogP contribution in [0.25, 0.3) is 0 Å². The number of nitrogens with one attached hydrogen (secondary N) is 2. The summed E-state index contributed by atoms with van der Waals surface area (Å²) in [7, 11) is 2.15. The molecule has 0 bridgehead atoms. The van der Waals surface area contributed by atoms with Crippen LogP contribution in [0.2, 0.25) is 0 Å². The van der Waals surface area contributed by atoms with E-state index in [0.717, 1.165) is 44.8 Å². The van der Waals surface area contributed by atoms with Gasteiger partial charge in [-0.05, 0) is 49.7 Å². The number of carbonyl (C=O) groups is 1. The third-order valence-corrected chi connectivity index (χ3v) is 4.89. The zero-order valence-electron chi connectivity index (χ0n) is 17.0. The smallest absolute Gasteiger partial charge is 0.274 e. The zero-order valence-corrected chi connectivity index (χ0v) is 17.0. The molecule has 1 amide bonds. The van der Waals surface area contributed by atoms with Gasteiger partial charge in [-0.3, -0.25) is 4.79 Å². The Kier molecular flexibility index (Phi) is 6.81. The van der Waals surface area contributed by atoms with Crippen molar-refractivity contribution in [2.45, 2.75) is 20.3 Å². The van der Waals surface area contributed by atoms with E-state index in [1.54, 1.807) is 12.3 Å². The molecule has 150 valence electrons. The van der Waals surface area contributed by atoms with Gasteiger partial charge in [-0.15, -0.1) is 0 Å². The summed E-state index contributed by atoms with van der Waals surface area (Å²) >= 11 is 0. The Labute approximate surface area is 167 Å². The molecule has 2 N–H and O–H groups in total.